The van der Waals surface area contributed by atoms with E-state index < -0.39 is 0 Å². The summed E-state index contributed by atoms with van der Waals surface area (Å²) in [4.78, 5) is 0. The summed E-state index contributed by atoms with van der Waals surface area (Å²) >= 11 is 0. The van der Waals surface area contributed by atoms with Crippen LogP contribution in [0.4, 0.5) is 5.69 Å². The van der Waals surface area contributed by atoms with E-state index in [1.54, 1.807) is 0 Å². The van der Waals surface area contributed by atoms with Gasteiger partial charge in [-0.2, -0.15) is 0 Å². The third-order valence-corrected chi connectivity index (χ3v) is 2.69. The van der Waals surface area contributed by atoms with E-state index in [1.165, 1.54) is 29.7 Å². The largest absolute Gasteiger partial charge is 0.385 e. The third-order valence-electron chi connectivity index (χ3n) is 2.69. The van der Waals surface area contributed by atoms with E-state index in [0.717, 1.165) is 13.1 Å². The predicted molar refractivity (Wildman–Crippen MR) is 67.6 cm³/mol. The molecule has 0 aromatic heterocycles. The summed E-state index contributed by atoms with van der Waals surface area (Å²) in [5.41, 5.74) is 3.95. The van der Waals surface area contributed by atoms with Gasteiger partial charge in [-0.05, 0) is 63.5 Å². The van der Waals surface area contributed by atoms with Crippen LogP contribution in [0.1, 0.15) is 24.0 Å². The van der Waals surface area contributed by atoms with Gasteiger partial charge in [0.1, 0.15) is 0 Å². The molecular formula is C13H22N2. The van der Waals surface area contributed by atoms with Crippen LogP contribution < -0.4 is 10.6 Å². The topological polar surface area (TPSA) is 24.1 Å². The Morgan fingerprint density at radius 1 is 1.00 bits per heavy atom. The first kappa shape index (κ1) is 12.1. The molecule has 0 atom stereocenters. The number of hydrogen-bond donors (Lipinski definition) is 2. The fourth-order valence-corrected chi connectivity index (χ4v) is 1.51. The Morgan fingerprint density at radius 3 is 2.40 bits per heavy atom. The first-order valence-electron chi connectivity index (χ1n) is 5.70. The summed E-state index contributed by atoms with van der Waals surface area (Å²) in [7, 11) is 2.00. The van der Waals surface area contributed by atoms with E-state index in [2.05, 4.69) is 42.7 Å². The van der Waals surface area contributed by atoms with Gasteiger partial charge < -0.3 is 10.6 Å². The van der Waals surface area contributed by atoms with Crippen molar-refractivity contribution in [1.29, 1.82) is 0 Å². The first-order chi connectivity index (χ1) is 7.24. The zero-order chi connectivity index (χ0) is 11.1. The minimum atomic E-state index is 1.06. The predicted octanol–water partition coefficient (Wildman–Crippen LogP) is 2.71. The number of rotatable bonds is 6. The summed E-state index contributed by atoms with van der Waals surface area (Å²) in [6, 6.07) is 6.54. The SMILES string of the molecule is CNCCCCNc1ccc(C)c(C)c1. The molecule has 0 bridgehead atoms. The smallest absolute Gasteiger partial charge is 0.0342 e. The molecule has 0 aliphatic carbocycles. The fourth-order valence-electron chi connectivity index (χ4n) is 1.51. The Bertz CT molecular complexity index is 295. The molecular weight excluding hydrogens is 184 g/mol. The van der Waals surface area contributed by atoms with Crippen molar-refractivity contribution in [2.75, 3.05) is 25.5 Å². The van der Waals surface area contributed by atoms with Crippen LogP contribution in [0.5, 0.6) is 0 Å². The maximum absolute atomic E-state index is 3.44. The third kappa shape index (κ3) is 4.34. The molecule has 0 amide bonds. The molecule has 0 spiro atoms. The van der Waals surface area contributed by atoms with Gasteiger partial charge in [-0.15, -0.1) is 0 Å². The minimum absolute atomic E-state index is 1.06. The van der Waals surface area contributed by atoms with E-state index in [1.807, 2.05) is 7.05 Å². The van der Waals surface area contributed by atoms with Crippen LogP contribution in [0.25, 0.3) is 0 Å². The molecule has 1 rings (SSSR count). The molecule has 2 N–H and O–H groups in total. The second-order valence-corrected chi connectivity index (χ2v) is 4.04. The molecule has 0 radical (unpaired) electrons. The van der Waals surface area contributed by atoms with Crippen molar-refractivity contribution < 1.29 is 0 Å². The number of nitrogens with one attached hydrogen (secondary N) is 2. The lowest BCUT2D eigenvalue weighted by Crippen LogP contribution is -2.10. The number of benzene rings is 1. The average molecular weight is 206 g/mol. The van der Waals surface area contributed by atoms with Crippen molar-refractivity contribution in [1.82, 2.24) is 5.32 Å². The monoisotopic (exact) mass is 206 g/mol. The van der Waals surface area contributed by atoms with Crippen molar-refractivity contribution in [2.45, 2.75) is 26.7 Å². The molecule has 1 aromatic carbocycles. The van der Waals surface area contributed by atoms with Crippen LogP contribution in [0.2, 0.25) is 0 Å². The van der Waals surface area contributed by atoms with E-state index >= 15 is 0 Å². The van der Waals surface area contributed by atoms with Crippen LogP contribution >= 0.6 is 0 Å². The van der Waals surface area contributed by atoms with Gasteiger partial charge in [0.25, 0.3) is 0 Å². The molecule has 0 aliphatic heterocycles. The van der Waals surface area contributed by atoms with Gasteiger partial charge >= 0.3 is 0 Å². The van der Waals surface area contributed by atoms with E-state index in [4.69, 9.17) is 0 Å². The summed E-state index contributed by atoms with van der Waals surface area (Å²) in [6.07, 6.45) is 2.45. The van der Waals surface area contributed by atoms with Gasteiger partial charge in [-0.3, -0.25) is 0 Å². The van der Waals surface area contributed by atoms with Crippen LogP contribution in [0, 0.1) is 13.8 Å². The highest BCUT2D eigenvalue weighted by Crippen LogP contribution is 2.13. The van der Waals surface area contributed by atoms with Crippen molar-refractivity contribution in [3.63, 3.8) is 0 Å². The van der Waals surface area contributed by atoms with Gasteiger partial charge in [0.05, 0.1) is 0 Å². The lowest BCUT2D eigenvalue weighted by atomic mass is 10.1. The highest BCUT2D eigenvalue weighted by Gasteiger charge is 1.95. The van der Waals surface area contributed by atoms with E-state index in [0.29, 0.717) is 0 Å². The van der Waals surface area contributed by atoms with Crippen molar-refractivity contribution in [3.05, 3.63) is 29.3 Å². The second kappa shape index (κ2) is 6.46. The molecule has 0 heterocycles. The molecule has 1 aromatic rings. The van der Waals surface area contributed by atoms with Crippen molar-refractivity contribution in [3.8, 4) is 0 Å². The molecule has 2 heteroatoms. The highest BCUT2D eigenvalue weighted by molar-refractivity contribution is 5.47. The summed E-state index contributed by atoms with van der Waals surface area (Å²) in [5.74, 6) is 0. The van der Waals surface area contributed by atoms with Crippen molar-refractivity contribution >= 4 is 5.69 Å². The zero-order valence-electron chi connectivity index (χ0n) is 10.1. The van der Waals surface area contributed by atoms with Crippen molar-refractivity contribution in [2.24, 2.45) is 0 Å². The lowest BCUT2D eigenvalue weighted by Gasteiger charge is -2.08. The Balaban J connectivity index is 2.28. The number of unbranched alkanes of at least 4 members (excludes halogenated alkanes) is 1. The number of aryl methyl sites for hydroxylation is 2. The Kier molecular flexibility index (Phi) is 5.19. The molecule has 0 fully saturated rings. The maximum Gasteiger partial charge on any atom is 0.0342 e. The standard InChI is InChI=1S/C13H22N2/c1-11-6-7-13(10-12(11)2)15-9-5-4-8-14-3/h6-7,10,14-15H,4-5,8-9H2,1-3H3. The maximum atomic E-state index is 3.44. The molecule has 15 heavy (non-hydrogen) atoms. The molecule has 0 unspecified atom stereocenters. The van der Waals surface area contributed by atoms with Crippen LogP contribution in [0.15, 0.2) is 18.2 Å². The second-order valence-electron chi connectivity index (χ2n) is 4.04. The van der Waals surface area contributed by atoms with Crippen LogP contribution in [-0.4, -0.2) is 20.1 Å². The van der Waals surface area contributed by atoms with Gasteiger partial charge in [0.2, 0.25) is 0 Å². The molecule has 0 aliphatic rings. The normalized spacial score (nSPS) is 10.3. The van der Waals surface area contributed by atoms with Crippen LogP contribution in [0.3, 0.4) is 0 Å². The molecule has 0 saturated heterocycles. The fraction of sp³-hybridized carbons (Fsp3) is 0.538. The highest BCUT2D eigenvalue weighted by atomic mass is 14.9. The van der Waals surface area contributed by atoms with E-state index in [9.17, 15) is 0 Å². The average Bonchev–Trinajstić information content (AvgIpc) is 2.23. The minimum Gasteiger partial charge on any atom is -0.385 e. The zero-order valence-corrected chi connectivity index (χ0v) is 10.1. The molecule has 0 saturated carbocycles. The summed E-state index contributed by atoms with van der Waals surface area (Å²) in [5, 5.41) is 6.60. The summed E-state index contributed by atoms with van der Waals surface area (Å²) in [6.45, 7) is 6.46. The number of hydrogen-bond acceptors (Lipinski definition) is 2. The Labute approximate surface area is 93.1 Å². The number of anilines is 1. The van der Waals surface area contributed by atoms with Crippen LogP contribution in [-0.2, 0) is 0 Å². The first-order valence-corrected chi connectivity index (χ1v) is 5.70. The Hall–Kier alpha value is -1.02. The summed E-state index contributed by atoms with van der Waals surface area (Å²) < 4.78 is 0. The molecule has 84 valence electrons. The van der Waals surface area contributed by atoms with Gasteiger partial charge in [0.15, 0.2) is 0 Å². The van der Waals surface area contributed by atoms with Gasteiger partial charge in [-0.1, -0.05) is 6.07 Å². The Morgan fingerprint density at radius 2 is 1.73 bits per heavy atom. The van der Waals surface area contributed by atoms with Gasteiger partial charge in [-0.25, -0.2) is 0 Å². The quantitative estimate of drug-likeness (QED) is 0.699. The lowest BCUT2D eigenvalue weighted by molar-refractivity contribution is 0.694. The van der Waals surface area contributed by atoms with Gasteiger partial charge in [0, 0.05) is 12.2 Å². The van der Waals surface area contributed by atoms with E-state index in [-0.39, 0.29) is 0 Å². The molecule has 2 nitrogen and oxygen atoms in total.